The fourth-order valence-corrected chi connectivity index (χ4v) is 4.90. The van der Waals surface area contributed by atoms with Crippen LogP contribution in [0.25, 0.3) is 22.3 Å². The number of benzene rings is 3. The zero-order valence-electron chi connectivity index (χ0n) is 14.2. The molecule has 0 nitrogen and oxygen atoms in total. The largest absolute Gasteiger partial charge is 0.0619 e. The molecule has 3 aromatic carbocycles. The van der Waals surface area contributed by atoms with E-state index < -0.39 is 0 Å². The van der Waals surface area contributed by atoms with Crippen molar-refractivity contribution in [3.8, 4) is 22.3 Å². The predicted molar refractivity (Wildman–Crippen MR) is 101 cm³/mol. The summed E-state index contributed by atoms with van der Waals surface area (Å²) in [4.78, 5) is 0. The van der Waals surface area contributed by atoms with Gasteiger partial charge in [-0.25, -0.2) is 0 Å². The van der Waals surface area contributed by atoms with E-state index in [0.717, 1.165) is 0 Å². The molecule has 2 aliphatic carbocycles. The molecule has 5 rings (SSSR count). The minimum atomic E-state index is 0.270. The number of hydrogen-bond donors (Lipinski definition) is 0. The van der Waals surface area contributed by atoms with Crippen LogP contribution in [0.3, 0.4) is 0 Å². The Morgan fingerprint density at radius 2 is 1.33 bits per heavy atom. The van der Waals surface area contributed by atoms with Crippen LogP contribution < -0.4 is 0 Å². The molecule has 2 aliphatic rings. The average Bonchev–Trinajstić information content (AvgIpc) is 3.22. The lowest BCUT2D eigenvalue weighted by Crippen LogP contribution is -2.20. The molecule has 1 spiro atoms. The van der Waals surface area contributed by atoms with Gasteiger partial charge in [-0.2, -0.15) is 0 Å². The summed E-state index contributed by atoms with van der Waals surface area (Å²) in [6, 6.07) is 25.1. The lowest BCUT2D eigenvalue weighted by molar-refractivity contribution is 0.550. The summed E-state index contributed by atoms with van der Waals surface area (Å²) in [5, 5.41) is 0. The topological polar surface area (TPSA) is 0 Å². The van der Waals surface area contributed by atoms with Crippen LogP contribution in [0.15, 0.2) is 66.7 Å². The van der Waals surface area contributed by atoms with E-state index in [9.17, 15) is 0 Å². The minimum absolute atomic E-state index is 0.270. The molecule has 0 atom stereocenters. The number of rotatable bonds is 1. The summed E-state index contributed by atoms with van der Waals surface area (Å²) in [6.45, 7) is 2.15. The van der Waals surface area contributed by atoms with Gasteiger partial charge < -0.3 is 0 Å². The summed E-state index contributed by atoms with van der Waals surface area (Å²) in [5.74, 6) is 0. The maximum atomic E-state index is 2.48. The van der Waals surface area contributed by atoms with Gasteiger partial charge in [0.05, 0.1) is 0 Å². The summed E-state index contributed by atoms with van der Waals surface area (Å²) in [6.07, 6.45) is 5.30. The molecule has 0 bridgehead atoms. The van der Waals surface area contributed by atoms with Gasteiger partial charge in [-0.15, -0.1) is 0 Å². The van der Waals surface area contributed by atoms with E-state index in [0.29, 0.717) is 0 Å². The molecule has 0 N–H and O–H groups in total. The molecule has 1 saturated carbocycles. The first kappa shape index (κ1) is 14.0. The third kappa shape index (κ3) is 1.86. The Labute approximate surface area is 144 Å². The number of aryl methyl sites for hydroxylation is 1. The van der Waals surface area contributed by atoms with Crippen molar-refractivity contribution in [2.75, 3.05) is 0 Å². The maximum absolute atomic E-state index is 2.48. The second kappa shape index (κ2) is 5.08. The third-order valence-corrected chi connectivity index (χ3v) is 6.11. The van der Waals surface area contributed by atoms with E-state index >= 15 is 0 Å². The van der Waals surface area contributed by atoms with Gasteiger partial charge in [0.1, 0.15) is 0 Å². The number of fused-ring (bicyclic) bond motifs is 5. The van der Waals surface area contributed by atoms with Crippen LogP contribution in [0.4, 0.5) is 0 Å². The zero-order valence-corrected chi connectivity index (χ0v) is 14.2. The highest BCUT2D eigenvalue weighted by Gasteiger charge is 2.44. The normalized spacial score (nSPS) is 17.0. The molecule has 1 fully saturated rings. The van der Waals surface area contributed by atoms with Crippen molar-refractivity contribution in [2.24, 2.45) is 0 Å². The van der Waals surface area contributed by atoms with Gasteiger partial charge in [-0.05, 0) is 59.2 Å². The Morgan fingerprint density at radius 1 is 0.667 bits per heavy atom. The Balaban J connectivity index is 1.72. The van der Waals surface area contributed by atoms with Crippen LogP contribution in [0, 0.1) is 6.92 Å². The quantitative estimate of drug-likeness (QED) is 0.481. The highest BCUT2D eigenvalue weighted by Crippen LogP contribution is 2.57. The summed E-state index contributed by atoms with van der Waals surface area (Å²) in [5.41, 5.74) is 10.3. The lowest BCUT2D eigenvalue weighted by Gasteiger charge is -2.27. The van der Waals surface area contributed by atoms with Crippen LogP contribution in [0.5, 0.6) is 0 Å². The van der Waals surface area contributed by atoms with Crippen molar-refractivity contribution in [1.82, 2.24) is 0 Å². The highest BCUT2D eigenvalue weighted by molar-refractivity contribution is 5.84. The standard InChI is InChI=1S/C24H22/c1-17-8-10-18(11-9-17)19-12-13-21-20-6-2-3-7-22(20)24(23(21)16-19)14-4-5-15-24/h2-3,6-13,16H,4-5,14-15H2,1H3. The molecule has 0 aliphatic heterocycles. The molecule has 0 heteroatoms. The van der Waals surface area contributed by atoms with Gasteiger partial charge in [-0.1, -0.05) is 79.1 Å². The summed E-state index contributed by atoms with van der Waals surface area (Å²) < 4.78 is 0. The van der Waals surface area contributed by atoms with E-state index in [4.69, 9.17) is 0 Å². The van der Waals surface area contributed by atoms with E-state index in [1.54, 1.807) is 11.1 Å². The Bertz CT molecular complexity index is 909. The molecule has 3 aromatic rings. The molecule has 24 heavy (non-hydrogen) atoms. The van der Waals surface area contributed by atoms with Crippen LogP contribution in [-0.4, -0.2) is 0 Å². The predicted octanol–water partition coefficient (Wildman–Crippen LogP) is 6.50. The molecule has 0 radical (unpaired) electrons. The second-order valence-corrected chi connectivity index (χ2v) is 7.46. The van der Waals surface area contributed by atoms with Gasteiger partial charge in [-0.3, -0.25) is 0 Å². The lowest BCUT2D eigenvalue weighted by atomic mass is 9.76. The fraction of sp³-hybridized carbons (Fsp3) is 0.250. The van der Waals surface area contributed by atoms with Gasteiger partial charge >= 0.3 is 0 Å². The molecule has 118 valence electrons. The van der Waals surface area contributed by atoms with Crippen molar-refractivity contribution in [3.05, 3.63) is 83.4 Å². The first-order valence-corrected chi connectivity index (χ1v) is 9.09. The van der Waals surface area contributed by atoms with Gasteiger partial charge in [0.2, 0.25) is 0 Å². The van der Waals surface area contributed by atoms with E-state index in [1.807, 2.05) is 0 Å². The minimum Gasteiger partial charge on any atom is -0.0619 e. The van der Waals surface area contributed by atoms with Crippen LogP contribution >= 0.6 is 0 Å². The first-order chi connectivity index (χ1) is 11.8. The van der Waals surface area contributed by atoms with Crippen LogP contribution in [0.1, 0.15) is 42.4 Å². The average molecular weight is 310 g/mol. The molecule has 0 aromatic heterocycles. The van der Waals surface area contributed by atoms with Crippen molar-refractivity contribution in [1.29, 1.82) is 0 Å². The molecule has 0 heterocycles. The highest BCUT2D eigenvalue weighted by atomic mass is 14.5. The van der Waals surface area contributed by atoms with Crippen molar-refractivity contribution >= 4 is 0 Å². The molecular formula is C24H22. The Kier molecular flexibility index (Phi) is 2.97. The van der Waals surface area contributed by atoms with Gasteiger partial charge in [0, 0.05) is 5.41 Å². The van der Waals surface area contributed by atoms with Crippen molar-refractivity contribution in [3.63, 3.8) is 0 Å². The van der Waals surface area contributed by atoms with Crippen molar-refractivity contribution in [2.45, 2.75) is 38.0 Å². The van der Waals surface area contributed by atoms with E-state index in [2.05, 4.69) is 73.7 Å². The summed E-state index contributed by atoms with van der Waals surface area (Å²) in [7, 11) is 0. The molecule has 0 unspecified atom stereocenters. The smallest absolute Gasteiger partial charge is 0.0215 e. The monoisotopic (exact) mass is 310 g/mol. The Hall–Kier alpha value is -2.34. The molecule has 0 saturated heterocycles. The first-order valence-electron chi connectivity index (χ1n) is 9.09. The fourth-order valence-electron chi connectivity index (χ4n) is 4.90. The summed E-state index contributed by atoms with van der Waals surface area (Å²) >= 11 is 0. The SMILES string of the molecule is Cc1ccc(-c2ccc3c(c2)C2(CCCC2)c2ccccc2-3)cc1. The van der Waals surface area contributed by atoms with Gasteiger partial charge in [0.15, 0.2) is 0 Å². The van der Waals surface area contributed by atoms with E-state index in [-0.39, 0.29) is 5.41 Å². The zero-order chi connectivity index (χ0) is 16.1. The molecular weight excluding hydrogens is 288 g/mol. The van der Waals surface area contributed by atoms with Crippen LogP contribution in [-0.2, 0) is 5.41 Å². The second-order valence-electron chi connectivity index (χ2n) is 7.46. The van der Waals surface area contributed by atoms with Crippen molar-refractivity contribution < 1.29 is 0 Å². The molecule has 0 amide bonds. The van der Waals surface area contributed by atoms with E-state index in [1.165, 1.54) is 53.5 Å². The third-order valence-electron chi connectivity index (χ3n) is 6.11. The maximum Gasteiger partial charge on any atom is 0.0215 e. The van der Waals surface area contributed by atoms with Gasteiger partial charge in [0.25, 0.3) is 0 Å². The van der Waals surface area contributed by atoms with Crippen LogP contribution in [0.2, 0.25) is 0 Å². The number of hydrogen-bond acceptors (Lipinski definition) is 0. The Morgan fingerprint density at radius 3 is 2.12 bits per heavy atom.